The van der Waals surface area contributed by atoms with Gasteiger partial charge >= 0.3 is 0 Å². The van der Waals surface area contributed by atoms with Crippen LogP contribution in [0.3, 0.4) is 0 Å². The Labute approximate surface area is 125 Å². The van der Waals surface area contributed by atoms with Crippen LogP contribution in [-0.2, 0) is 6.42 Å². The number of fused-ring (bicyclic) bond motifs is 1. The Morgan fingerprint density at radius 2 is 1.90 bits per heavy atom. The molecule has 3 rings (SSSR count). The number of benzene rings is 2. The van der Waals surface area contributed by atoms with Crippen molar-refractivity contribution in [1.29, 1.82) is 0 Å². The second kappa shape index (κ2) is 6.40. The highest BCUT2D eigenvalue weighted by Gasteiger charge is 2.11. The van der Waals surface area contributed by atoms with Gasteiger partial charge in [0.1, 0.15) is 5.75 Å². The molecular weight excluding hydrogens is 260 g/mol. The fourth-order valence-electron chi connectivity index (χ4n) is 2.50. The fraction of sp³-hybridized carbons (Fsp3) is 0.211. The molecule has 2 aromatic rings. The summed E-state index contributed by atoms with van der Waals surface area (Å²) in [4.78, 5) is 12.3. The molecule has 2 aromatic carbocycles. The number of ketones is 1. The minimum absolute atomic E-state index is 0.0332. The number of rotatable bonds is 3. The van der Waals surface area contributed by atoms with Crippen LogP contribution < -0.4 is 4.74 Å². The molecule has 1 heterocycles. The van der Waals surface area contributed by atoms with Crippen LogP contribution in [-0.4, -0.2) is 12.4 Å². The Morgan fingerprint density at radius 1 is 1.05 bits per heavy atom. The molecule has 0 amide bonds. The molecule has 0 radical (unpaired) electrons. The van der Waals surface area contributed by atoms with Crippen molar-refractivity contribution in [1.82, 2.24) is 0 Å². The average molecular weight is 278 g/mol. The molecule has 0 aliphatic carbocycles. The fourth-order valence-corrected chi connectivity index (χ4v) is 2.50. The smallest absolute Gasteiger partial charge is 0.185 e. The van der Waals surface area contributed by atoms with Crippen LogP contribution in [0.4, 0.5) is 0 Å². The quantitative estimate of drug-likeness (QED) is 0.618. The summed E-state index contributed by atoms with van der Waals surface area (Å²) in [5.74, 6) is 0.960. The third kappa shape index (κ3) is 3.40. The van der Waals surface area contributed by atoms with Crippen molar-refractivity contribution in [2.45, 2.75) is 19.3 Å². The average Bonchev–Trinajstić information content (AvgIpc) is 2.78. The highest BCUT2D eigenvalue weighted by Crippen LogP contribution is 2.25. The number of carbonyl (C=O) groups excluding carboxylic acids is 1. The van der Waals surface area contributed by atoms with Crippen molar-refractivity contribution < 1.29 is 9.53 Å². The molecular formula is C19H18O2. The SMILES string of the molecule is O=C(/C=C/c1ccccc1)c1ccc2c(c1)CCCCO2. The van der Waals surface area contributed by atoms with Crippen molar-refractivity contribution in [2.75, 3.05) is 6.61 Å². The van der Waals surface area contributed by atoms with E-state index >= 15 is 0 Å². The van der Waals surface area contributed by atoms with E-state index in [1.807, 2.05) is 54.6 Å². The Kier molecular flexibility index (Phi) is 4.15. The second-order valence-electron chi connectivity index (χ2n) is 5.24. The van der Waals surface area contributed by atoms with Crippen LogP contribution in [0.1, 0.15) is 34.3 Å². The van der Waals surface area contributed by atoms with Gasteiger partial charge in [-0.1, -0.05) is 36.4 Å². The summed E-state index contributed by atoms with van der Waals surface area (Å²) < 4.78 is 5.68. The lowest BCUT2D eigenvalue weighted by Crippen LogP contribution is -1.98. The third-order valence-electron chi connectivity index (χ3n) is 3.67. The first-order valence-corrected chi connectivity index (χ1v) is 7.36. The lowest BCUT2D eigenvalue weighted by molar-refractivity contribution is 0.104. The maximum atomic E-state index is 12.3. The predicted octanol–water partition coefficient (Wildman–Crippen LogP) is 4.30. The monoisotopic (exact) mass is 278 g/mol. The Hall–Kier alpha value is -2.35. The second-order valence-corrected chi connectivity index (χ2v) is 5.24. The number of aryl methyl sites for hydroxylation is 1. The minimum atomic E-state index is 0.0332. The molecule has 0 unspecified atom stereocenters. The topological polar surface area (TPSA) is 26.3 Å². The maximum Gasteiger partial charge on any atom is 0.185 e. The van der Waals surface area contributed by atoms with E-state index < -0.39 is 0 Å². The van der Waals surface area contributed by atoms with E-state index in [0.29, 0.717) is 0 Å². The van der Waals surface area contributed by atoms with E-state index in [0.717, 1.165) is 48.3 Å². The summed E-state index contributed by atoms with van der Waals surface area (Å²) in [5.41, 5.74) is 2.90. The van der Waals surface area contributed by atoms with Crippen LogP contribution in [0.5, 0.6) is 5.75 Å². The molecule has 1 aliphatic rings. The molecule has 2 heteroatoms. The van der Waals surface area contributed by atoms with Gasteiger partial charge in [-0.2, -0.15) is 0 Å². The lowest BCUT2D eigenvalue weighted by Gasteiger charge is -2.07. The number of hydrogen-bond acceptors (Lipinski definition) is 2. The Balaban J connectivity index is 1.79. The van der Waals surface area contributed by atoms with E-state index in [2.05, 4.69) is 0 Å². The van der Waals surface area contributed by atoms with Gasteiger partial charge in [-0.25, -0.2) is 0 Å². The zero-order valence-corrected chi connectivity index (χ0v) is 11.9. The lowest BCUT2D eigenvalue weighted by atomic mass is 10.0. The third-order valence-corrected chi connectivity index (χ3v) is 3.67. The zero-order chi connectivity index (χ0) is 14.5. The van der Waals surface area contributed by atoms with Crippen LogP contribution in [0, 0.1) is 0 Å². The van der Waals surface area contributed by atoms with Crippen molar-refractivity contribution in [3.63, 3.8) is 0 Å². The standard InChI is InChI=1S/C19H18O2/c20-18(11-9-15-6-2-1-3-7-15)16-10-12-19-17(14-16)8-4-5-13-21-19/h1-3,6-7,9-12,14H,4-5,8,13H2/b11-9+. The number of ether oxygens (including phenoxy) is 1. The van der Waals surface area contributed by atoms with Crippen LogP contribution in [0.25, 0.3) is 6.08 Å². The molecule has 0 atom stereocenters. The highest BCUT2D eigenvalue weighted by atomic mass is 16.5. The van der Waals surface area contributed by atoms with Crippen molar-refractivity contribution in [3.05, 3.63) is 71.3 Å². The molecule has 106 valence electrons. The summed E-state index contributed by atoms with van der Waals surface area (Å²) in [6.07, 6.45) is 6.66. The molecule has 0 aromatic heterocycles. The number of hydrogen-bond donors (Lipinski definition) is 0. The molecule has 0 saturated carbocycles. The van der Waals surface area contributed by atoms with Crippen molar-refractivity contribution in [3.8, 4) is 5.75 Å². The summed E-state index contributed by atoms with van der Waals surface area (Å²) in [6, 6.07) is 15.6. The normalized spacial score (nSPS) is 14.3. The first kappa shape index (κ1) is 13.6. The van der Waals surface area contributed by atoms with Gasteiger partial charge in [0.25, 0.3) is 0 Å². The van der Waals surface area contributed by atoms with Gasteiger partial charge in [0.2, 0.25) is 0 Å². The molecule has 0 N–H and O–H groups in total. The molecule has 0 spiro atoms. The summed E-state index contributed by atoms with van der Waals surface area (Å²) >= 11 is 0. The molecule has 1 aliphatic heterocycles. The Morgan fingerprint density at radius 3 is 2.76 bits per heavy atom. The number of carbonyl (C=O) groups is 1. The summed E-state index contributed by atoms with van der Waals surface area (Å²) in [7, 11) is 0. The Bertz CT molecular complexity index is 657. The molecule has 0 bridgehead atoms. The minimum Gasteiger partial charge on any atom is -0.493 e. The number of allylic oxidation sites excluding steroid dienone is 1. The molecule has 2 nitrogen and oxygen atoms in total. The largest absolute Gasteiger partial charge is 0.493 e. The maximum absolute atomic E-state index is 12.3. The van der Waals surface area contributed by atoms with Crippen molar-refractivity contribution in [2.24, 2.45) is 0 Å². The highest BCUT2D eigenvalue weighted by molar-refractivity contribution is 6.07. The van der Waals surface area contributed by atoms with Crippen molar-refractivity contribution >= 4 is 11.9 Å². The summed E-state index contributed by atoms with van der Waals surface area (Å²) in [6.45, 7) is 0.772. The van der Waals surface area contributed by atoms with Gasteiger partial charge in [0.05, 0.1) is 6.61 Å². The molecule has 0 saturated heterocycles. The molecule has 0 fully saturated rings. The van der Waals surface area contributed by atoms with Gasteiger partial charge in [-0.15, -0.1) is 0 Å². The van der Waals surface area contributed by atoms with Crippen LogP contribution in [0.2, 0.25) is 0 Å². The first-order valence-electron chi connectivity index (χ1n) is 7.36. The predicted molar refractivity (Wildman–Crippen MR) is 84.7 cm³/mol. The van der Waals surface area contributed by atoms with Gasteiger partial charge in [-0.3, -0.25) is 4.79 Å². The van der Waals surface area contributed by atoms with E-state index in [-0.39, 0.29) is 5.78 Å². The van der Waals surface area contributed by atoms with Gasteiger partial charge in [0.15, 0.2) is 5.78 Å². The van der Waals surface area contributed by atoms with Crippen LogP contribution >= 0.6 is 0 Å². The van der Waals surface area contributed by atoms with E-state index in [9.17, 15) is 4.79 Å². The van der Waals surface area contributed by atoms with E-state index in [1.165, 1.54) is 0 Å². The van der Waals surface area contributed by atoms with Crippen LogP contribution in [0.15, 0.2) is 54.6 Å². The summed E-state index contributed by atoms with van der Waals surface area (Å²) in [5, 5.41) is 0. The molecule has 21 heavy (non-hydrogen) atoms. The van der Waals surface area contributed by atoms with Gasteiger partial charge in [0, 0.05) is 5.56 Å². The first-order chi connectivity index (χ1) is 10.3. The zero-order valence-electron chi connectivity index (χ0n) is 11.9. The van der Waals surface area contributed by atoms with E-state index in [1.54, 1.807) is 6.08 Å². The van der Waals surface area contributed by atoms with E-state index in [4.69, 9.17) is 4.74 Å². The van der Waals surface area contributed by atoms with Gasteiger partial charge < -0.3 is 4.74 Å². The van der Waals surface area contributed by atoms with Gasteiger partial charge in [-0.05, 0) is 54.7 Å².